The Morgan fingerprint density at radius 2 is 1.40 bits per heavy atom. The minimum Gasteiger partial charge on any atom is -0.465 e. The molecule has 1 heterocycles. The van der Waals surface area contributed by atoms with Crippen LogP contribution >= 0.6 is 23.2 Å². The highest BCUT2D eigenvalue weighted by Crippen LogP contribution is 2.39. The van der Waals surface area contributed by atoms with Gasteiger partial charge in [0.05, 0.1) is 29.3 Å². The molecular weight excluding hydrogens is 599 g/mol. The summed E-state index contributed by atoms with van der Waals surface area (Å²) in [5.41, 5.74) is 1.24. The van der Waals surface area contributed by atoms with Gasteiger partial charge in [-0.05, 0) is 29.8 Å². The second-order valence-electron chi connectivity index (χ2n) is 8.41. The summed E-state index contributed by atoms with van der Waals surface area (Å²) in [5, 5.41) is 0.221. The Kier molecular flexibility index (Phi) is 11.2. The Morgan fingerprint density at radius 3 is 1.95 bits per heavy atom. The monoisotopic (exact) mass is 630 g/mol. The molecule has 1 unspecified atom stereocenters. The molecule has 2 aromatic rings. The molecule has 1 saturated heterocycles. The van der Waals surface area contributed by atoms with Crippen molar-refractivity contribution in [2.24, 2.45) is 0 Å². The van der Waals surface area contributed by atoms with Crippen molar-refractivity contribution in [1.29, 1.82) is 0 Å². The average molecular weight is 631 g/mol. The van der Waals surface area contributed by atoms with E-state index in [1.54, 1.807) is 12.1 Å². The maximum atomic E-state index is 11.8. The molecule has 0 aliphatic carbocycles. The van der Waals surface area contributed by atoms with Crippen LogP contribution < -0.4 is 4.74 Å². The van der Waals surface area contributed by atoms with E-state index in [-0.39, 0.29) is 15.8 Å². The molecule has 5 atom stereocenters. The number of halogens is 2. The fourth-order valence-electron chi connectivity index (χ4n) is 4.20. The Hall–Kier alpha value is -3.23. The van der Waals surface area contributed by atoms with Crippen LogP contribution in [0.25, 0.3) is 11.1 Å². The second kappa shape index (κ2) is 17.0. The van der Waals surface area contributed by atoms with Crippen LogP contribution in [0.2, 0.25) is 10.0 Å². The van der Waals surface area contributed by atoms with Crippen LogP contribution in [-0.2, 0) is 47.6 Å². The molecule has 12 nitrogen and oxygen atoms in total. The molecule has 0 N–H and O–H groups in total. The number of aldehydes is 4. The maximum absolute atomic E-state index is 11.8. The Bertz CT molecular complexity index is 1400. The van der Waals surface area contributed by atoms with Gasteiger partial charge in [-0.1, -0.05) is 35.3 Å². The second-order valence-corrected chi connectivity index (χ2v) is 9.23. The summed E-state index contributed by atoms with van der Waals surface area (Å²) in [6.07, 6.45) is -11.5. The van der Waals surface area contributed by atoms with Crippen molar-refractivity contribution in [3.63, 3.8) is 0 Å². The number of hydrogen-bond acceptors (Lipinski definition) is 12. The van der Waals surface area contributed by atoms with Crippen LogP contribution in [0.4, 0.5) is 0 Å². The molecule has 2 aromatic carbocycles. The van der Waals surface area contributed by atoms with Gasteiger partial charge in [-0.25, -0.2) is 4.79 Å². The quantitative estimate of drug-likeness (QED) is 0.187. The number of hydrogen-bond donors (Lipinski definition) is 0. The highest BCUT2D eigenvalue weighted by Gasteiger charge is 2.49. The van der Waals surface area contributed by atoms with Crippen molar-refractivity contribution in [2.45, 2.75) is 30.7 Å². The zero-order valence-corrected chi connectivity index (χ0v) is 23.6. The summed E-state index contributed by atoms with van der Waals surface area (Å²) >= 11 is 13.1. The third-order valence-electron chi connectivity index (χ3n) is 5.90. The van der Waals surface area contributed by atoms with E-state index in [1.807, 2.05) is 0 Å². The van der Waals surface area contributed by atoms with Gasteiger partial charge in [0, 0.05) is 5.56 Å². The topological polar surface area (TPSA) is 150 Å². The van der Waals surface area contributed by atoms with Crippen molar-refractivity contribution in [1.82, 2.24) is 0 Å². The minimum atomic E-state index is -1.53. The van der Waals surface area contributed by atoms with Crippen molar-refractivity contribution in [3.8, 4) is 16.9 Å². The van der Waals surface area contributed by atoms with E-state index in [0.29, 0.717) is 16.7 Å². The fraction of sp³-hybridized carbons (Fsp3) is 0.393. The van der Waals surface area contributed by atoms with Crippen LogP contribution in [0.5, 0.6) is 5.75 Å². The Balaban J connectivity index is 2.00. The van der Waals surface area contributed by atoms with Gasteiger partial charge in [-0.3, -0.25) is 0 Å². The lowest BCUT2D eigenvalue weighted by Crippen LogP contribution is -2.63. The number of rotatable bonds is 17. The lowest BCUT2D eigenvalue weighted by Gasteiger charge is -2.45. The number of benzene rings is 2. The zero-order chi connectivity index (χ0) is 34.0. The number of esters is 1. The van der Waals surface area contributed by atoms with Crippen molar-refractivity contribution in [2.75, 3.05) is 40.1 Å². The van der Waals surface area contributed by atoms with E-state index in [9.17, 15) is 24.0 Å². The first-order valence-corrected chi connectivity index (χ1v) is 13.0. The summed E-state index contributed by atoms with van der Waals surface area (Å²) in [5.74, 6) is -0.523. The molecular formula is C28H28Cl2O12. The molecule has 14 heteroatoms. The first kappa shape index (κ1) is 27.6. The number of carbonyl (C=O) groups is 5. The lowest BCUT2D eigenvalue weighted by molar-refractivity contribution is -0.299. The lowest BCUT2D eigenvalue weighted by atomic mass is 9.98. The molecule has 1 fully saturated rings. The fourth-order valence-corrected chi connectivity index (χ4v) is 4.89. The molecule has 3 rings (SSSR count). The largest absolute Gasteiger partial charge is 0.465 e. The third kappa shape index (κ3) is 8.65. The van der Waals surface area contributed by atoms with E-state index in [0.717, 1.165) is 0 Å². The van der Waals surface area contributed by atoms with E-state index < -0.39 is 94.8 Å². The molecule has 42 heavy (non-hydrogen) atoms. The molecule has 0 aromatic heterocycles. The van der Waals surface area contributed by atoms with Crippen LogP contribution in [0.1, 0.15) is 15.8 Å². The molecule has 1 aliphatic heterocycles. The first-order chi connectivity index (χ1) is 21.8. The molecule has 0 spiro atoms. The number of ether oxygens (including phenoxy) is 7. The van der Waals surface area contributed by atoms with Gasteiger partial charge < -0.3 is 52.3 Å². The molecule has 226 valence electrons. The predicted molar refractivity (Wildman–Crippen MR) is 147 cm³/mol. The molecule has 0 bridgehead atoms. The maximum Gasteiger partial charge on any atom is 0.337 e. The van der Waals surface area contributed by atoms with E-state index in [2.05, 4.69) is 0 Å². The van der Waals surface area contributed by atoms with Gasteiger partial charge in [-0.15, -0.1) is 0 Å². The number of carbonyl (C=O) groups excluding carboxylic acids is 5. The van der Waals surface area contributed by atoms with E-state index in [1.165, 1.54) is 31.4 Å². The molecule has 0 saturated carbocycles. The van der Waals surface area contributed by atoms with Crippen LogP contribution in [0, 0.1) is 0 Å². The van der Waals surface area contributed by atoms with Gasteiger partial charge in [0.2, 0.25) is 6.29 Å². The van der Waals surface area contributed by atoms with Crippen molar-refractivity contribution >= 4 is 54.2 Å². The summed E-state index contributed by atoms with van der Waals surface area (Å²) in [6, 6.07) is 9.01. The van der Waals surface area contributed by atoms with Crippen molar-refractivity contribution < 1.29 is 62.6 Å². The standard InChI is InChI=1S/C28H28Cl2O12/c1-36-27(35)18-4-2-17(3-5-18)23-20(29)14-19(15-21(23)30)41-28-26(40-13-9-34)25(39-12-8-33)24(38-11-7-32)22(42-28)16-37-10-6-31/h2-9,14-15,22,24-26,28H,10-13,16H2,1H3/t22-,24-,25+,26+,28?/m1/s1/i6D,7D,8D,9D. The summed E-state index contributed by atoms with van der Waals surface area (Å²) in [7, 11) is 1.25. The van der Waals surface area contributed by atoms with Gasteiger partial charge in [-0.2, -0.15) is 0 Å². The van der Waals surface area contributed by atoms with Gasteiger partial charge in [0.15, 0.2) is 0 Å². The summed E-state index contributed by atoms with van der Waals surface area (Å²) < 4.78 is 67.5. The number of methoxy groups -OCH3 is 1. The SMILES string of the molecule is [2H]C(=O)COC[C@H]1OC(Oc2cc(Cl)c(-c3ccc(C(=O)OC)cc3)c(Cl)c2)[C@@H](OCC([2H])=O)[C@@H](OCC([2H])=O)[C@@H]1OCC([2H])=O. The summed E-state index contributed by atoms with van der Waals surface area (Å²) in [4.78, 5) is 57.4. The van der Waals surface area contributed by atoms with E-state index in [4.69, 9.17) is 61.8 Å². The van der Waals surface area contributed by atoms with Crippen molar-refractivity contribution in [3.05, 3.63) is 52.0 Å². The minimum absolute atomic E-state index is 0.0118. The third-order valence-corrected chi connectivity index (χ3v) is 6.50. The predicted octanol–water partition coefficient (Wildman–Crippen LogP) is 2.52. The Morgan fingerprint density at radius 1 is 0.857 bits per heavy atom. The first-order valence-electron chi connectivity index (χ1n) is 14.2. The highest BCUT2D eigenvalue weighted by atomic mass is 35.5. The average Bonchev–Trinajstić information content (AvgIpc) is 2.98. The van der Waals surface area contributed by atoms with Crippen LogP contribution in [-0.4, -0.2) is 102 Å². The van der Waals surface area contributed by atoms with Gasteiger partial charge >= 0.3 is 5.97 Å². The summed E-state index contributed by atoms with van der Waals surface area (Å²) in [6.45, 7) is -3.47. The van der Waals surface area contributed by atoms with Crippen LogP contribution in [0.3, 0.4) is 0 Å². The highest BCUT2D eigenvalue weighted by molar-refractivity contribution is 6.39. The van der Waals surface area contributed by atoms with Crippen LogP contribution in [0.15, 0.2) is 36.4 Å². The van der Waals surface area contributed by atoms with E-state index >= 15 is 0 Å². The van der Waals surface area contributed by atoms with Gasteiger partial charge in [0.1, 0.15) is 87.1 Å². The Labute approximate surface area is 256 Å². The zero-order valence-electron chi connectivity index (χ0n) is 26.0. The molecule has 0 amide bonds. The van der Waals surface area contributed by atoms with Gasteiger partial charge in [0.25, 0.3) is 0 Å². The molecule has 1 aliphatic rings. The molecule has 0 radical (unpaired) electrons. The normalized spacial score (nSPS) is 23.1. The smallest absolute Gasteiger partial charge is 0.337 e.